The van der Waals surface area contributed by atoms with Gasteiger partial charge in [0.05, 0.1) is 0 Å². The first-order valence-electron chi connectivity index (χ1n) is 8.58. The maximum atomic E-state index is 12.3. The third-order valence-corrected chi connectivity index (χ3v) is 5.03. The zero-order chi connectivity index (χ0) is 16.4. The van der Waals surface area contributed by atoms with Crippen LogP contribution in [0, 0.1) is 20.8 Å². The minimum absolute atomic E-state index is 0.132. The van der Waals surface area contributed by atoms with E-state index in [0.29, 0.717) is 12.6 Å². The van der Waals surface area contributed by atoms with Gasteiger partial charge >= 0.3 is 0 Å². The smallest absolute Gasteiger partial charge is 0.186 e. The number of hydrogen-bond acceptors (Lipinski definition) is 2. The van der Waals surface area contributed by atoms with Crippen molar-refractivity contribution >= 4 is 0 Å². The van der Waals surface area contributed by atoms with Gasteiger partial charge in [0.2, 0.25) is 0 Å². The topological polar surface area (TPSA) is 34.0 Å². The molecule has 3 heteroatoms. The Balaban J connectivity index is 1.89. The van der Waals surface area contributed by atoms with Gasteiger partial charge in [-0.1, -0.05) is 18.9 Å². The van der Waals surface area contributed by atoms with Crippen molar-refractivity contribution < 1.29 is 0 Å². The largest absolute Gasteiger partial charge is 0.321 e. The third kappa shape index (κ3) is 3.56. The zero-order valence-electron chi connectivity index (χ0n) is 14.4. The summed E-state index contributed by atoms with van der Waals surface area (Å²) in [5, 5.41) is 3.54. The average molecular weight is 310 g/mol. The summed E-state index contributed by atoms with van der Waals surface area (Å²) < 4.78 is 2.12. The van der Waals surface area contributed by atoms with Crippen LogP contribution in [0.5, 0.6) is 0 Å². The summed E-state index contributed by atoms with van der Waals surface area (Å²) in [6, 6.07) is 8.76. The van der Waals surface area contributed by atoms with Crippen LogP contribution in [0.2, 0.25) is 0 Å². The summed E-state index contributed by atoms with van der Waals surface area (Å²) in [5.74, 6) is 0. The molecule has 23 heavy (non-hydrogen) atoms. The number of aromatic nitrogens is 1. The first-order valence-corrected chi connectivity index (χ1v) is 8.58. The molecule has 0 radical (unpaired) electrons. The standard InChI is InChI=1S/C20H26N2O/c1-14-8-9-19(10-15(14)2)22-13-17(20(23)11-16(22)3)12-21-18-6-4-5-7-18/h8-11,13,18,21H,4-7,12H2,1-3H3. The molecule has 122 valence electrons. The van der Waals surface area contributed by atoms with E-state index < -0.39 is 0 Å². The summed E-state index contributed by atoms with van der Waals surface area (Å²) in [5.41, 5.74) is 5.63. The van der Waals surface area contributed by atoms with Crippen LogP contribution in [0.15, 0.2) is 35.3 Å². The van der Waals surface area contributed by atoms with Crippen LogP contribution in [0.25, 0.3) is 5.69 Å². The lowest BCUT2D eigenvalue weighted by Crippen LogP contribution is -2.28. The Kier molecular flexibility index (Phi) is 4.67. The summed E-state index contributed by atoms with van der Waals surface area (Å²) in [7, 11) is 0. The molecule has 3 nitrogen and oxygen atoms in total. The van der Waals surface area contributed by atoms with E-state index in [1.165, 1.54) is 36.8 Å². The molecule has 0 spiro atoms. The van der Waals surface area contributed by atoms with Gasteiger partial charge in [0.1, 0.15) is 0 Å². The van der Waals surface area contributed by atoms with Gasteiger partial charge < -0.3 is 9.88 Å². The molecular weight excluding hydrogens is 284 g/mol. The van der Waals surface area contributed by atoms with Gasteiger partial charge in [-0.25, -0.2) is 0 Å². The molecule has 1 aromatic heterocycles. The highest BCUT2D eigenvalue weighted by atomic mass is 16.1. The van der Waals surface area contributed by atoms with Crippen molar-refractivity contribution in [3.05, 3.63) is 63.1 Å². The minimum atomic E-state index is 0.132. The van der Waals surface area contributed by atoms with Gasteiger partial charge in [-0.15, -0.1) is 0 Å². The highest BCUT2D eigenvalue weighted by molar-refractivity contribution is 5.41. The quantitative estimate of drug-likeness (QED) is 0.932. The maximum absolute atomic E-state index is 12.3. The van der Waals surface area contributed by atoms with Gasteiger partial charge in [0, 0.05) is 41.8 Å². The summed E-state index contributed by atoms with van der Waals surface area (Å²) >= 11 is 0. The van der Waals surface area contributed by atoms with Crippen LogP contribution < -0.4 is 10.7 Å². The van der Waals surface area contributed by atoms with Gasteiger partial charge in [-0.05, 0) is 56.9 Å². The Hall–Kier alpha value is -1.87. The molecule has 0 amide bonds. The van der Waals surface area contributed by atoms with E-state index in [1.807, 2.05) is 13.1 Å². The van der Waals surface area contributed by atoms with E-state index in [4.69, 9.17) is 0 Å². The molecule has 3 rings (SSSR count). The van der Waals surface area contributed by atoms with Crippen LogP contribution in [0.4, 0.5) is 0 Å². The molecule has 0 saturated heterocycles. The van der Waals surface area contributed by atoms with E-state index in [2.05, 4.69) is 41.9 Å². The number of aryl methyl sites for hydroxylation is 3. The summed E-state index contributed by atoms with van der Waals surface area (Å²) in [6.45, 7) is 6.90. The predicted octanol–water partition coefficient (Wildman–Crippen LogP) is 3.79. The Morgan fingerprint density at radius 2 is 1.83 bits per heavy atom. The van der Waals surface area contributed by atoms with Crippen molar-refractivity contribution in [3.63, 3.8) is 0 Å². The first kappa shape index (κ1) is 16.0. The van der Waals surface area contributed by atoms with Crippen LogP contribution in [0.1, 0.15) is 48.1 Å². The monoisotopic (exact) mass is 310 g/mol. The van der Waals surface area contributed by atoms with Gasteiger partial charge in [0.25, 0.3) is 0 Å². The minimum Gasteiger partial charge on any atom is -0.321 e. The molecule has 0 aliphatic heterocycles. The first-order chi connectivity index (χ1) is 11.0. The molecule has 0 unspecified atom stereocenters. The molecule has 1 aliphatic rings. The lowest BCUT2D eigenvalue weighted by atomic mass is 10.1. The van der Waals surface area contributed by atoms with Gasteiger partial charge in [0.15, 0.2) is 5.43 Å². The fraction of sp³-hybridized carbons (Fsp3) is 0.450. The van der Waals surface area contributed by atoms with Crippen LogP contribution in [-0.2, 0) is 6.54 Å². The molecule has 1 aromatic carbocycles. The number of rotatable bonds is 4. The number of pyridine rings is 1. The molecule has 0 bridgehead atoms. The Labute approximate surface area is 138 Å². The third-order valence-electron chi connectivity index (χ3n) is 5.03. The number of hydrogen-bond donors (Lipinski definition) is 1. The fourth-order valence-corrected chi connectivity index (χ4v) is 3.34. The molecule has 0 atom stereocenters. The Morgan fingerprint density at radius 3 is 2.52 bits per heavy atom. The van der Waals surface area contributed by atoms with E-state index in [-0.39, 0.29) is 5.43 Å². The normalized spacial score (nSPS) is 15.3. The average Bonchev–Trinajstić information content (AvgIpc) is 3.03. The van der Waals surface area contributed by atoms with Crippen molar-refractivity contribution in [2.75, 3.05) is 0 Å². The molecule has 1 saturated carbocycles. The van der Waals surface area contributed by atoms with E-state index in [0.717, 1.165) is 16.9 Å². The highest BCUT2D eigenvalue weighted by Crippen LogP contribution is 2.19. The maximum Gasteiger partial charge on any atom is 0.186 e. The highest BCUT2D eigenvalue weighted by Gasteiger charge is 2.15. The van der Waals surface area contributed by atoms with Gasteiger partial charge in [-0.3, -0.25) is 4.79 Å². The second-order valence-electron chi connectivity index (χ2n) is 6.81. The fourth-order valence-electron chi connectivity index (χ4n) is 3.34. The second kappa shape index (κ2) is 6.71. The lowest BCUT2D eigenvalue weighted by Gasteiger charge is -2.16. The van der Waals surface area contributed by atoms with E-state index in [9.17, 15) is 4.79 Å². The molecule has 1 aliphatic carbocycles. The van der Waals surface area contributed by atoms with Crippen LogP contribution >= 0.6 is 0 Å². The molecular formula is C20H26N2O. The van der Waals surface area contributed by atoms with E-state index in [1.54, 1.807) is 6.07 Å². The SMILES string of the molecule is Cc1ccc(-n2cc(CNC3CCCC3)c(=O)cc2C)cc1C. The number of nitrogens with zero attached hydrogens (tertiary/aromatic N) is 1. The van der Waals surface area contributed by atoms with Crippen LogP contribution in [0.3, 0.4) is 0 Å². The van der Waals surface area contributed by atoms with Crippen molar-refractivity contribution in [3.8, 4) is 5.69 Å². The van der Waals surface area contributed by atoms with Crippen molar-refractivity contribution in [2.45, 2.75) is 59.0 Å². The number of benzene rings is 1. The molecule has 1 fully saturated rings. The Morgan fingerprint density at radius 1 is 1.09 bits per heavy atom. The van der Waals surface area contributed by atoms with Crippen molar-refractivity contribution in [1.29, 1.82) is 0 Å². The summed E-state index contributed by atoms with van der Waals surface area (Å²) in [6.07, 6.45) is 7.08. The zero-order valence-corrected chi connectivity index (χ0v) is 14.4. The molecule has 2 aromatic rings. The van der Waals surface area contributed by atoms with Crippen LogP contribution in [-0.4, -0.2) is 10.6 Å². The summed E-state index contributed by atoms with van der Waals surface area (Å²) in [4.78, 5) is 12.3. The predicted molar refractivity (Wildman–Crippen MR) is 95.3 cm³/mol. The van der Waals surface area contributed by atoms with E-state index >= 15 is 0 Å². The molecule has 1 heterocycles. The lowest BCUT2D eigenvalue weighted by molar-refractivity contribution is 0.522. The van der Waals surface area contributed by atoms with Crippen molar-refractivity contribution in [2.24, 2.45) is 0 Å². The van der Waals surface area contributed by atoms with Gasteiger partial charge in [-0.2, -0.15) is 0 Å². The van der Waals surface area contributed by atoms with Crippen molar-refractivity contribution in [1.82, 2.24) is 9.88 Å². The second-order valence-corrected chi connectivity index (χ2v) is 6.81. The molecule has 1 N–H and O–H groups in total. The Bertz CT molecular complexity index is 755. The number of nitrogens with one attached hydrogen (secondary N) is 1.